The van der Waals surface area contributed by atoms with Crippen LogP contribution in [-0.4, -0.2) is 40.9 Å². The van der Waals surface area contributed by atoms with E-state index in [0.717, 1.165) is 4.88 Å². The first-order valence-electron chi connectivity index (χ1n) is 5.96. The molecular weight excluding hydrogens is 268 g/mol. The lowest BCUT2D eigenvalue weighted by Gasteiger charge is -2.17. The van der Waals surface area contributed by atoms with Crippen LogP contribution < -0.4 is 10.6 Å². The van der Waals surface area contributed by atoms with E-state index in [-0.39, 0.29) is 19.1 Å². The molecule has 2 atom stereocenters. The van der Waals surface area contributed by atoms with Gasteiger partial charge in [0.15, 0.2) is 0 Å². The summed E-state index contributed by atoms with van der Waals surface area (Å²) in [5, 5.41) is 24.5. The van der Waals surface area contributed by atoms with E-state index in [1.807, 2.05) is 24.4 Å². The molecule has 0 saturated carbocycles. The van der Waals surface area contributed by atoms with Crippen LogP contribution in [-0.2, 0) is 11.2 Å². The highest BCUT2D eigenvalue weighted by Gasteiger charge is 2.19. The molecule has 6 nitrogen and oxygen atoms in total. The fourth-order valence-electron chi connectivity index (χ4n) is 1.59. The van der Waals surface area contributed by atoms with Crippen molar-refractivity contribution >= 4 is 23.3 Å². The molecule has 0 aromatic carbocycles. The minimum Gasteiger partial charge on any atom is -0.480 e. The maximum atomic E-state index is 11.6. The van der Waals surface area contributed by atoms with Crippen molar-refractivity contribution in [3.8, 4) is 0 Å². The lowest BCUT2D eigenvalue weighted by Crippen LogP contribution is -2.49. The van der Waals surface area contributed by atoms with E-state index in [9.17, 15) is 9.59 Å². The van der Waals surface area contributed by atoms with Gasteiger partial charge in [0.05, 0.1) is 0 Å². The average molecular weight is 286 g/mol. The number of carbonyl (C=O) groups excluding carboxylic acids is 1. The van der Waals surface area contributed by atoms with Gasteiger partial charge in [-0.05, 0) is 18.4 Å². The summed E-state index contributed by atoms with van der Waals surface area (Å²) >= 11 is 1.61. The minimum absolute atomic E-state index is 0.0118. The van der Waals surface area contributed by atoms with Crippen molar-refractivity contribution in [2.24, 2.45) is 0 Å². The Kier molecular flexibility index (Phi) is 6.31. The van der Waals surface area contributed by atoms with Crippen LogP contribution in [0.3, 0.4) is 0 Å². The summed E-state index contributed by atoms with van der Waals surface area (Å²) in [7, 11) is 0. The van der Waals surface area contributed by atoms with Gasteiger partial charge < -0.3 is 20.8 Å². The first-order valence-corrected chi connectivity index (χ1v) is 6.84. The molecule has 0 spiro atoms. The van der Waals surface area contributed by atoms with Gasteiger partial charge in [-0.1, -0.05) is 6.07 Å². The lowest BCUT2D eigenvalue weighted by atomic mass is 10.2. The quantitative estimate of drug-likeness (QED) is 0.596. The summed E-state index contributed by atoms with van der Waals surface area (Å²) in [6.45, 7) is 1.56. The second kappa shape index (κ2) is 7.75. The van der Waals surface area contributed by atoms with Crippen LogP contribution in [0.4, 0.5) is 4.79 Å². The Morgan fingerprint density at radius 1 is 1.42 bits per heavy atom. The number of amides is 2. The number of rotatable bonds is 7. The first-order chi connectivity index (χ1) is 9.02. The predicted octanol–water partition coefficient (Wildman–Crippen LogP) is 0.814. The van der Waals surface area contributed by atoms with Gasteiger partial charge in [-0.2, -0.15) is 0 Å². The molecule has 2 unspecified atom stereocenters. The van der Waals surface area contributed by atoms with Crippen LogP contribution in [0.1, 0.15) is 18.2 Å². The SMILES string of the molecule is CC(Cc1cccs1)NC(=O)NC(CCO)C(=O)O. The van der Waals surface area contributed by atoms with E-state index < -0.39 is 18.0 Å². The summed E-state index contributed by atoms with van der Waals surface area (Å²) in [6.07, 6.45) is 0.685. The van der Waals surface area contributed by atoms with Crippen LogP contribution in [0.5, 0.6) is 0 Å². The van der Waals surface area contributed by atoms with Crippen molar-refractivity contribution in [3.05, 3.63) is 22.4 Å². The second-order valence-electron chi connectivity index (χ2n) is 4.21. The third-order valence-corrected chi connectivity index (χ3v) is 3.38. The van der Waals surface area contributed by atoms with Crippen molar-refractivity contribution in [1.29, 1.82) is 0 Å². The monoisotopic (exact) mass is 286 g/mol. The molecule has 0 aliphatic rings. The summed E-state index contributed by atoms with van der Waals surface area (Å²) < 4.78 is 0. The van der Waals surface area contributed by atoms with Gasteiger partial charge in [0.2, 0.25) is 0 Å². The molecular formula is C12H18N2O4S. The Morgan fingerprint density at radius 2 is 2.16 bits per heavy atom. The van der Waals surface area contributed by atoms with Crippen molar-refractivity contribution in [2.45, 2.75) is 31.8 Å². The molecule has 1 aromatic heterocycles. The molecule has 7 heteroatoms. The maximum Gasteiger partial charge on any atom is 0.326 e. The number of urea groups is 1. The zero-order valence-electron chi connectivity index (χ0n) is 10.6. The highest BCUT2D eigenvalue weighted by atomic mass is 32.1. The zero-order valence-corrected chi connectivity index (χ0v) is 11.4. The van der Waals surface area contributed by atoms with E-state index in [4.69, 9.17) is 10.2 Å². The molecule has 4 N–H and O–H groups in total. The molecule has 1 aromatic rings. The van der Waals surface area contributed by atoms with Crippen LogP contribution in [0.2, 0.25) is 0 Å². The van der Waals surface area contributed by atoms with Crippen LogP contribution >= 0.6 is 11.3 Å². The summed E-state index contributed by atoms with van der Waals surface area (Å²) in [4.78, 5) is 23.6. The highest BCUT2D eigenvalue weighted by molar-refractivity contribution is 7.09. The molecule has 19 heavy (non-hydrogen) atoms. The van der Waals surface area contributed by atoms with Gasteiger partial charge in [-0.25, -0.2) is 9.59 Å². The minimum atomic E-state index is -1.16. The molecule has 0 fully saturated rings. The molecule has 0 bridgehead atoms. The number of carboxylic acids is 1. The Morgan fingerprint density at radius 3 is 2.68 bits per heavy atom. The second-order valence-corrected chi connectivity index (χ2v) is 5.24. The van der Waals surface area contributed by atoms with E-state index in [1.54, 1.807) is 11.3 Å². The van der Waals surface area contributed by atoms with Gasteiger partial charge in [0, 0.05) is 30.4 Å². The summed E-state index contributed by atoms with van der Waals surface area (Å²) in [5.41, 5.74) is 0. The molecule has 0 radical (unpaired) electrons. The fourth-order valence-corrected chi connectivity index (χ4v) is 2.43. The molecule has 2 amide bonds. The van der Waals surface area contributed by atoms with Gasteiger partial charge in [0.25, 0.3) is 0 Å². The molecule has 1 rings (SSSR count). The zero-order chi connectivity index (χ0) is 14.3. The summed E-state index contributed by atoms with van der Waals surface area (Å²) in [6, 6.07) is 2.22. The van der Waals surface area contributed by atoms with Gasteiger partial charge in [-0.3, -0.25) is 0 Å². The van der Waals surface area contributed by atoms with Crippen molar-refractivity contribution < 1.29 is 19.8 Å². The third-order valence-electron chi connectivity index (χ3n) is 2.49. The third kappa shape index (κ3) is 5.71. The average Bonchev–Trinajstić information content (AvgIpc) is 2.80. The number of hydrogen-bond donors (Lipinski definition) is 4. The normalized spacial score (nSPS) is 13.6. The Bertz CT molecular complexity index is 408. The first kappa shape index (κ1) is 15.5. The van der Waals surface area contributed by atoms with Gasteiger partial charge >= 0.3 is 12.0 Å². The number of carbonyl (C=O) groups is 2. The molecule has 0 aliphatic heterocycles. The van der Waals surface area contributed by atoms with Crippen molar-refractivity contribution in [2.75, 3.05) is 6.61 Å². The largest absolute Gasteiger partial charge is 0.480 e. The molecule has 0 aliphatic carbocycles. The van der Waals surface area contributed by atoms with Gasteiger partial charge in [0.1, 0.15) is 6.04 Å². The van der Waals surface area contributed by atoms with E-state index >= 15 is 0 Å². The van der Waals surface area contributed by atoms with Crippen molar-refractivity contribution in [3.63, 3.8) is 0 Å². The Hall–Kier alpha value is -1.60. The maximum absolute atomic E-state index is 11.6. The van der Waals surface area contributed by atoms with Crippen molar-refractivity contribution in [1.82, 2.24) is 10.6 Å². The number of thiophene rings is 1. The number of aliphatic carboxylic acids is 1. The fraction of sp³-hybridized carbons (Fsp3) is 0.500. The lowest BCUT2D eigenvalue weighted by molar-refractivity contribution is -0.139. The van der Waals surface area contributed by atoms with Crippen LogP contribution in [0.25, 0.3) is 0 Å². The molecule has 1 heterocycles. The predicted molar refractivity (Wildman–Crippen MR) is 72.3 cm³/mol. The molecule has 106 valence electrons. The Balaban J connectivity index is 2.38. The standard InChI is InChI=1S/C12H18N2O4S/c1-8(7-9-3-2-6-19-9)13-12(18)14-10(4-5-15)11(16)17/h2-3,6,8,10,15H,4-5,7H2,1H3,(H,16,17)(H2,13,14,18). The van der Waals surface area contributed by atoms with E-state index in [0.29, 0.717) is 6.42 Å². The number of hydrogen-bond acceptors (Lipinski definition) is 4. The Labute approximate surface area is 115 Å². The van der Waals surface area contributed by atoms with E-state index in [1.165, 1.54) is 0 Å². The number of aliphatic hydroxyl groups is 1. The van der Waals surface area contributed by atoms with Gasteiger partial charge in [-0.15, -0.1) is 11.3 Å². The number of carboxylic acid groups (broad SMARTS) is 1. The molecule has 0 saturated heterocycles. The number of nitrogens with one attached hydrogen (secondary N) is 2. The summed E-state index contributed by atoms with van der Waals surface area (Å²) in [5.74, 6) is -1.16. The highest BCUT2D eigenvalue weighted by Crippen LogP contribution is 2.10. The number of aliphatic hydroxyl groups excluding tert-OH is 1. The van der Waals surface area contributed by atoms with Crippen LogP contribution in [0.15, 0.2) is 17.5 Å². The smallest absolute Gasteiger partial charge is 0.326 e. The topological polar surface area (TPSA) is 98.7 Å². The van der Waals surface area contributed by atoms with Crippen LogP contribution in [0, 0.1) is 0 Å². The van der Waals surface area contributed by atoms with E-state index in [2.05, 4.69) is 10.6 Å².